The third kappa shape index (κ3) is 2.33. The molecule has 1 heterocycles. The third-order valence-corrected chi connectivity index (χ3v) is 2.64. The number of nitrogens with two attached hydrogens (primary N) is 1. The largest absolute Gasteiger partial charge is 0.399 e. The van der Waals surface area contributed by atoms with Crippen LogP contribution in [0.4, 0.5) is 5.69 Å². The van der Waals surface area contributed by atoms with E-state index in [-0.39, 0.29) is 0 Å². The van der Waals surface area contributed by atoms with E-state index in [1.807, 2.05) is 29.1 Å². The van der Waals surface area contributed by atoms with Crippen LogP contribution >= 0.6 is 0 Å². The van der Waals surface area contributed by atoms with Crippen LogP contribution < -0.4 is 5.73 Å². The molecule has 0 atom stereocenters. The minimum Gasteiger partial charge on any atom is -0.399 e. The first kappa shape index (κ1) is 11.0. The minimum absolute atomic E-state index is 0.783. The second kappa shape index (κ2) is 4.99. The van der Waals surface area contributed by atoms with Crippen molar-refractivity contribution >= 4 is 16.6 Å². The molecule has 4 nitrogen and oxygen atoms in total. The van der Waals surface area contributed by atoms with Crippen LogP contribution in [0.3, 0.4) is 0 Å². The summed E-state index contributed by atoms with van der Waals surface area (Å²) < 4.78 is 7.02. The molecule has 0 unspecified atom stereocenters. The van der Waals surface area contributed by atoms with Crippen LogP contribution in [0.25, 0.3) is 10.9 Å². The Morgan fingerprint density at radius 3 is 3.06 bits per heavy atom. The summed E-state index contributed by atoms with van der Waals surface area (Å²) in [6.45, 7) is 1.72. The van der Waals surface area contributed by atoms with Crippen molar-refractivity contribution in [3.05, 3.63) is 24.4 Å². The first-order valence-corrected chi connectivity index (χ1v) is 5.51. The van der Waals surface area contributed by atoms with E-state index in [1.165, 1.54) is 0 Å². The summed E-state index contributed by atoms with van der Waals surface area (Å²) in [6, 6.07) is 5.88. The number of rotatable bonds is 5. The molecule has 0 spiro atoms. The van der Waals surface area contributed by atoms with E-state index in [2.05, 4.69) is 5.10 Å². The molecule has 4 heteroatoms. The van der Waals surface area contributed by atoms with Gasteiger partial charge in [-0.05, 0) is 31.0 Å². The Balaban J connectivity index is 2.09. The van der Waals surface area contributed by atoms with Crippen LogP contribution in [-0.2, 0) is 11.3 Å². The van der Waals surface area contributed by atoms with Crippen molar-refractivity contribution in [2.45, 2.75) is 19.4 Å². The van der Waals surface area contributed by atoms with Crippen LogP contribution in [-0.4, -0.2) is 23.5 Å². The van der Waals surface area contributed by atoms with Crippen molar-refractivity contribution in [2.24, 2.45) is 0 Å². The maximum Gasteiger partial charge on any atom is 0.0702 e. The van der Waals surface area contributed by atoms with Crippen molar-refractivity contribution in [1.82, 2.24) is 9.78 Å². The van der Waals surface area contributed by atoms with E-state index in [0.717, 1.165) is 42.6 Å². The molecule has 2 aromatic rings. The molecule has 2 N–H and O–H groups in total. The summed E-state index contributed by atoms with van der Waals surface area (Å²) >= 11 is 0. The van der Waals surface area contributed by atoms with Gasteiger partial charge in [-0.15, -0.1) is 0 Å². The topological polar surface area (TPSA) is 53.1 Å². The van der Waals surface area contributed by atoms with E-state index in [0.29, 0.717) is 0 Å². The van der Waals surface area contributed by atoms with Gasteiger partial charge in [-0.25, -0.2) is 0 Å². The number of nitrogens with zero attached hydrogens (tertiary/aromatic N) is 2. The number of ether oxygens (including phenoxy) is 1. The van der Waals surface area contributed by atoms with E-state index < -0.39 is 0 Å². The Morgan fingerprint density at radius 2 is 2.25 bits per heavy atom. The Kier molecular flexibility index (Phi) is 3.41. The molecule has 0 aliphatic heterocycles. The molecule has 86 valence electrons. The van der Waals surface area contributed by atoms with E-state index in [1.54, 1.807) is 7.11 Å². The molecule has 0 aliphatic rings. The van der Waals surface area contributed by atoms with Gasteiger partial charge in [0.2, 0.25) is 0 Å². The zero-order valence-corrected chi connectivity index (χ0v) is 9.52. The Morgan fingerprint density at radius 1 is 1.38 bits per heavy atom. The molecule has 0 radical (unpaired) electrons. The Hall–Kier alpha value is -1.55. The molecule has 1 aromatic carbocycles. The number of aryl methyl sites for hydroxylation is 1. The lowest BCUT2D eigenvalue weighted by Crippen LogP contribution is -2.01. The van der Waals surface area contributed by atoms with Gasteiger partial charge < -0.3 is 10.5 Å². The van der Waals surface area contributed by atoms with Crippen LogP contribution in [0.2, 0.25) is 0 Å². The van der Waals surface area contributed by atoms with Crippen LogP contribution in [0, 0.1) is 0 Å². The first-order chi connectivity index (χ1) is 7.81. The predicted octanol–water partition coefficient (Wildman–Crippen LogP) is 2.05. The summed E-state index contributed by atoms with van der Waals surface area (Å²) in [5.74, 6) is 0. The lowest BCUT2D eigenvalue weighted by atomic mass is 10.2. The van der Waals surface area contributed by atoms with E-state index in [4.69, 9.17) is 10.5 Å². The monoisotopic (exact) mass is 219 g/mol. The molecule has 0 fully saturated rings. The number of hydrogen-bond acceptors (Lipinski definition) is 3. The van der Waals surface area contributed by atoms with Gasteiger partial charge in [0.05, 0.1) is 11.7 Å². The molecular formula is C12H17N3O. The number of nitrogen functional groups attached to an aromatic ring is 1. The van der Waals surface area contributed by atoms with Gasteiger partial charge >= 0.3 is 0 Å². The summed E-state index contributed by atoms with van der Waals surface area (Å²) in [7, 11) is 1.73. The highest BCUT2D eigenvalue weighted by atomic mass is 16.5. The predicted molar refractivity (Wildman–Crippen MR) is 65.3 cm³/mol. The molecule has 1 aromatic heterocycles. The lowest BCUT2D eigenvalue weighted by Gasteiger charge is -2.03. The smallest absolute Gasteiger partial charge is 0.0702 e. The molecule has 16 heavy (non-hydrogen) atoms. The number of aromatic nitrogens is 2. The number of methoxy groups -OCH3 is 1. The van der Waals surface area contributed by atoms with Gasteiger partial charge in [0.1, 0.15) is 0 Å². The van der Waals surface area contributed by atoms with Gasteiger partial charge in [-0.3, -0.25) is 4.68 Å². The highest BCUT2D eigenvalue weighted by molar-refractivity contribution is 5.81. The molecule has 0 aliphatic carbocycles. The molecule has 0 saturated carbocycles. The molecule has 0 amide bonds. The quantitative estimate of drug-likeness (QED) is 0.618. The number of anilines is 1. The second-order valence-corrected chi connectivity index (χ2v) is 3.89. The first-order valence-electron chi connectivity index (χ1n) is 5.51. The van der Waals surface area contributed by atoms with Crippen molar-refractivity contribution in [3.63, 3.8) is 0 Å². The summed E-state index contributed by atoms with van der Waals surface area (Å²) in [4.78, 5) is 0. The van der Waals surface area contributed by atoms with Gasteiger partial charge in [-0.1, -0.05) is 0 Å². The van der Waals surface area contributed by atoms with Crippen molar-refractivity contribution < 1.29 is 4.74 Å². The van der Waals surface area contributed by atoms with Crippen LogP contribution in [0.1, 0.15) is 12.8 Å². The van der Waals surface area contributed by atoms with E-state index >= 15 is 0 Å². The number of fused-ring (bicyclic) bond motifs is 1. The average molecular weight is 219 g/mol. The zero-order valence-electron chi connectivity index (χ0n) is 9.52. The lowest BCUT2D eigenvalue weighted by molar-refractivity contribution is 0.191. The molecule has 0 bridgehead atoms. The maximum absolute atomic E-state index is 5.77. The highest BCUT2D eigenvalue weighted by Gasteiger charge is 2.02. The van der Waals surface area contributed by atoms with Crippen molar-refractivity contribution in [3.8, 4) is 0 Å². The van der Waals surface area contributed by atoms with Crippen molar-refractivity contribution in [2.75, 3.05) is 19.5 Å². The van der Waals surface area contributed by atoms with Gasteiger partial charge in [0, 0.05) is 31.3 Å². The highest BCUT2D eigenvalue weighted by Crippen LogP contribution is 2.17. The third-order valence-electron chi connectivity index (χ3n) is 2.64. The molecule has 0 saturated heterocycles. The Bertz CT molecular complexity index is 464. The molecule has 2 rings (SSSR count). The summed E-state index contributed by atoms with van der Waals surface area (Å²) in [6.07, 6.45) is 4.00. The van der Waals surface area contributed by atoms with Gasteiger partial charge in [-0.2, -0.15) is 5.10 Å². The van der Waals surface area contributed by atoms with Gasteiger partial charge in [0.15, 0.2) is 0 Å². The fourth-order valence-electron chi connectivity index (χ4n) is 1.77. The number of benzene rings is 1. The normalized spacial score (nSPS) is 11.1. The SMILES string of the molecule is COCCCCn1ncc2ccc(N)cc21. The fraction of sp³-hybridized carbons (Fsp3) is 0.417. The van der Waals surface area contributed by atoms with Gasteiger partial charge in [0.25, 0.3) is 0 Å². The average Bonchev–Trinajstić information content (AvgIpc) is 2.67. The maximum atomic E-state index is 5.77. The summed E-state index contributed by atoms with van der Waals surface area (Å²) in [5.41, 5.74) is 7.66. The number of unbranched alkanes of at least 4 members (excludes halogenated alkanes) is 1. The second-order valence-electron chi connectivity index (χ2n) is 3.89. The summed E-state index contributed by atoms with van der Waals surface area (Å²) in [5, 5.41) is 5.49. The standard InChI is InChI=1S/C12H17N3O/c1-16-7-3-2-6-15-12-8-11(13)5-4-10(12)9-14-15/h4-5,8-9H,2-3,6-7,13H2,1H3. The number of hydrogen-bond donors (Lipinski definition) is 1. The van der Waals surface area contributed by atoms with Crippen LogP contribution in [0.15, 0.2) is 24.4 Å². The van der Waals surface area contributed by atoms with Crippen LogP contribution in [0.5, 0.6) is 0 Å². The zero-order chi connectivity index (χ0) is 11.4. The molecular weight excluding hydrogens is 202 g/mol. The van der Waals surface area contributed by atoms with E-state index in [9.17, 15) is 0 Å². The minimum atomic E-state index is 0.783. The fourth-order valence-corrected chi connectivity index (χ4v) is 1.77. The Labute approximate surface area is 95.0 Å². The van der Waals surface area contributed by atoms with Crippen molar-refractivity contribution in [1.29, 1.82) is 0 Å².